The first kappa shape index (κ1) is 21.6. The minimum absolute atomic E-state index is 0.217. The number of fused-ring (bicyclic) bond motifs is 3. The summed E-state index contributed by atoms with van der Waals surface area (Å²) in [5.41, 5.74) is 2.27. The number of ether oxygens (including phenoxy) is 2. The number of benzene rings is 1. The Hall–Kier alpha value is -1.61. The molecule has 0 saturated carbocycles. The molecule has 3 heterocycles. The molecule has 2 aromatic heterocycles. The SMILES string of the molecule is CCOC(=O)CSc1nc(SCc2ccccc2)nc2sc3c(c12)CC(C)(C)OC3. The highest BCUT2D eigenvalue weighted by atomic mass is 32.2. The van der Waals surface area contributed by atoms with E-state index in [0.29, 0.717) is 13.2 Å². The largest absolute Gasteiger partial charge is 0.465 e. The predicted molar refractivity (Wildman–Crippen MR) is 123 cm³/mol. The van der Waals surface area contributed by atoms with Gasteiger partial charge in [0.15, 0.2) is 5.16 Å². The minimum atomic E-state index is -0.222. The number of thiophene rings is 1. The maximum atomic E-state index is 12.0. The molecule has 30 heavy (non-hydrogen) atoms. The van der Waals surface area contributed by atoms with Crippen molar-refractivity contribution in [2.75, 3.05) is 12.4 Å². The number of esters is 1. The van der Waals surface area contributed by atoms with E-state index in [-0.39, 0.29) is 17.3 Å². The van der Waals surface area contributed by atoms with Crippen LogP contribution < -0.4 is 0 Å². The number of aromatic nitrogens is 2. The second kappa shape index (κ2) is 9.26. The van der Waals surface area contributed by atoms with E-state index >= 15 is 0 Å². The molecule has 0 fully saturated rings. The minimum Gasteiger partial charge on any atom is -0.465 e. The Kier molecular flexibility index (Phi) is 6.67. The predicted octanol–water partition coefficient (Wildman–Crippen LogP) is 5.49. The second-order valence-electron chi connectivity index (χ2n) is 7.59. The Morgan fingerprint density at radius 3 is 2.80 bits per heavy atom. The number of rotatable bonds is 7. The monoisotopic (exact) mass is 460 g/mol. The fourth-order valence-corrected chi connectivity index (χ4v) is 6.25. The van der Waals surface area contributed by atoms with Crippen molar-refractivity contribution in [1.29, 1.82) is 0 Å². The fourth-order valence-electron chi connectivity index (χ4n) is 3.31. The molecule has 0 aliphatic carbocycles. The third kappa shape index (κ3) is 4.99. The molecule has 0 bridgehead atoms. The summed E-state index contributed by atoms with van der Waals surface area (Å²) in [5.74, 6) is 0.823. The molecule has 1 aliphatic rings. The number of thioether (sulfide) groups is 2. The molecule has 5 nitrogen and oxygen atoms in total. The highest BCUT2D eigenvalue weighted by Crippen LogP contribution is 2.42. The van der Waals surface area contributed by atoms with E-state index < -0.39 is 0 Å². The molecule has 0 unspecified atom stereocenters. The van der Waals surface area contributed by atoms with Gasteiger partial charge < -0.3 is 9.47 Å². The van der Waals surface area contributed by atoms with Crippen LogP contribution in [-0.4, -0.2) is 33.9 Å². The van der Waals surface area contributed by atoms with Gasteiger partial charge in [-0.05, 0) is 31.9 Å². The highest BCUT2D eigenvalue weighted by Gasteiger charge is 2.31. The van der Waals surface area contributed by atoms with Gasteiger partial charge in [-0.1, -0.05) is 53.9 Å². The van der Waals surface area contributed by atoms with E-state index in [2.05, 4.69) is 26.0 Å². The molecule has 8 heteroatoms. The van der Waals surface area contributed by atoms with Crippen molar-refractivity contribution in [1.82, 2.24) is 9.97 Å². The van der Waals surface area contributed by atoms with Crippen LogP contribution in [0.4, 0.5) is 0 Å². The Morgan fingerprint density at radius 1 is 1.23 bits per heavy atom. The molecule has 3 aromatic rings. The first-order chi connectivity index (χ1) is 14.4. The molecule has 1 aromatic carbocycles. The molecular formula is C22H24N2O3S3. The van der Waals surface area contributed by atoms with E-state index in [0.717, 1.165) is 32.6 Å². The normalized spacial score (nSPS) is 15.2. The first-order valence-electron chi connectivity index (χ1n) is 9.86. The van der Waals surface area contributed by atoms with Crippen molar-refractivity contribution in [2.45, 2.75) is 55.3 Å². The smallest absolute Gasteiger partial charge is 0.316 e. The summed E-state index contributed by atoms with van der Waals surface area (Å²) in [6, 6.07) is 10.3. The van der Waals surface area contributed by atoms with E-state index in [9.17, 15) is 4.79 Å². The maximum Gasteiger partial charge on any atom is 0.316 e. The summed E-state index contributed by atoms with van der Waals surface area (Å²) in [6.07, 6.45) is 0.815. The lowest BCUT2D eigenvalue weighted by Crippen LogP contribution is -2.31. The molecule has 0 N–H and O–H groups in total. The van der Waals surface area contributed by atoms with Crippen molar-refractivity contribution in [3.05, 3.63) is 46.3 Å². The van der Waals surface area contributed by atoms with Crippen molar-refractivity contribution in [2.24, 2.45) is 0 Å². The van der Waals surface area contributed by atoms with Gasteiger partial charge in [-0.3, -0.25) is 4.79 Å². The van der Waals surface area contributed by atoms with E-state index in [4.69, 9.17) is 19.4 Å². The van der Waals surface area contributed by atoms with Gasteiger partial charge in [-0.15, -0.1) is 11.3 Å². The van der Waals surface area contributed by atoms with Crippen molar-refractivity contribution in [3.8, 4) is 0 Å². The highest BCUT2D eigenvalue weighted by molar-refractivity contribution is 8.00. The van der Waals surface area contributed by atoms with Crippen LogP contribution in [0.25, 0.3) is 10.2 Å². The summed E-state index contributed by atoms with van der Waals surface area (Å²) in [4.78, 5) is 23.9. The van der Waals surface area contributed by atoms with Crippen LogP contribution in [0.5, 0.6) is 0 Å². The maximum absolute atomic E-state index is 12.0. The van der Waals surface area contributed by atoms with E-state index in [1.807, 2.05) is 25.1 Å². The molecule has 4 rings (SSSR count). The van der Waals surface area contributed by atoms with Gasteiger partial charge in [-0.2, -0.15) is 0 Å². The van der Waals surface area contributed by atoms with Crippen LogP contribution in [0.1, 0.15) is 36.8 Å². The molecule has 0 amide bonds. The molecule has 0 saturated heterocycles. The third-order valence-corrected chi connectivity index (χ3v) is 7.69. The van der Waals surface area contributed by atoms with Gasteiger partial charge in [0.25, 0.3) is 0 Å². The van der Waals surface area contributed by atoms with Gasteiger partial charge in [-0.25, -0.2) is 9.97 Å². The number of nitrogens with zero attached hydrogens (tertiary/aromatic N) is 2. The second-order valence-corrected chi connectivity index (χ2v) is 10.6. The summed E-state index contributed by atoms with van der Waals surface area (Å²) < 4.78 is 11.1. The van der Waals surface area contributed by atoms with E-state index in [1.54, 1.807) is 23.1 Å². The number of hydrogen-bond donors (Lipinski definition) is 0. The summed E-state index contributed by atoms with van der Waals surface area (Å²) in [7, 11) is 0. The zero-order valence-corrected chi connectivity index (χ0v) is 19.7. The lowest BCUT2D eigenvalue weighted by molar-refractivity contribution is -0.139. The van der Waals surface area contributed by atoms with E-state index in [1.165, 1.54) is 27.8 Å². The number of carbonyl (C=O) groups is 1. The quantitative estimate of drug-likeness (QED) is 0.200. The Morgan fingerprint density at radius 2 is 2.03 bits per heavy atom. The first-order valence-corrected chi connectivity index (χ1v) is 12.7. The molecular weight excluding hydrogens is 436 g/mol. The topological polar surface area (TPSA) is 61.3 Å². The Balaban J connectivity index is 1.67. The van der Waals surface area contributed by atoms with Crippen LogP contribution in [0, 0.1) is 0 Å². The zero-order valence-electron chi connectivity index (χ0n) is 17.3. The van der Waals surface area contributed by atoms with Crippen molar-refractivity contribution >= 4 is 51.0 Å². The van der Waals surface area contributed by atoms with Gasteiger partial charge in [0.05, 0.1) is 24.6 Å². The molecule has 0 spiro atoms. The fraction of sp³-hybridized carbons (Fsp3) is 0.409. The molecule has 158 valence electrons. The standard InChI is InChI=1S/C22H24N2O3S3/c1-4-26-17(25)13-28-19-18-15-10-22(2,3)27-11-16(15)30-20(18)24-21(23-19)29-12-14-8-6-5-7-9-14/h5-9H,4,10-13H2,1-3H3. The van der Waals surface area contributed by atoms with Crippen LogP contribution >= 0.6 is 34.9 Å². The third-order valence-electron chi connectivity index (χ3n) is 4.72. The molecule has 0 atom stereocenters. The average Bonchev–Trinajstić information content (AvgIpc) is 3.08. The molecule has 1 aliphatic heterocycles. The van der Waals surface area contributed by atoms with Crippen LogP contribution in [-0.2, 0) is 33.0 Å². The van der Waals surface area contributed by atoms with Crippen molar-refractivity contribution in [3.63, 3.8) is 0 Å². The average molecular weight is 461 g/mol. The van der Waals surface area contributed by atoms with Gasteiger partial charge in [0, 0.05) is 22.4 Å². The Labute approximate surface area is 189 Å². The van der Waals surface area contributed by atoms with Gasteiger partial charge in [0.2, 0.25) is 0 Å². The van der Waals surface area contributed by atoms with Crippen molar-refractivity contribution < 1.29 is 14.3 Å². The van der Waals surface area contributed by atoms with Crippen LogP contribution in [0.15, 0.2) is 40.5 Å². The number of hydrogen-bond acceptors (Lipinski definition) is 8. The Bertz CT molecular complexity index is 1050. The summed E-state index contributed by atoms with van der Waals surface area (Å²) >= 11 is 4.73. The lowest BCUT2D eigenvalue weighted by atomic mass is 9.95. The van der Waals surface area contributed by atoms with Crippen LogP contribution in [0.3, 0.4) is 0 Å². The van der Waals surface area contributed by atoms with Gasteiger partial charge in [0.1, 0.15) is 9.86 Å². The van der Waals surface area contributed by atoms with Gasteiger partial charge >= 0.3 is 5.97 Å². The zero-order chi connectivity index (χ0) is 21.1. The number of carbonyl (C=O) groups excluding carboxylic acids is 1. The lowest BCUT2D eigenvalue weighted by Gasteiger charge is -2.30. The van der Waals surface area contributed by atoms with Crippen LogP contribution in [0.2, 0.25) is 0 Å². The summed E-state index contributed by atoms with van der Waals surface area (Å²) in [6.45, 7) is 7.01. The molecule has 0 radical (unpaired) electrons. The summed E-state index contributed by atoms with van der Waals surface area (Å²) in [5, 5.41) is 2.67.